The van der Waals surface area contributed by atoms with E-state index in [4.69, 9.17) is 0 Å². The molecule has 1 unspecified atom stereocenters. The third-order valence-corrected chi connectivity index (χ3v) is 3.21. The van der Waals surface area contributed by atoms with Crippen molar-refractivity contribution in [3.8, 4) is 0 Å². The van der Waals surface area contributed by atoms with Crippen molar-refractivity contribution in [2.75, 3.05) is 7.05 Å². The van der Waals surface area contributed by atoms with Gasteiger partial charge in [-0.3, -0.25) is 0 Å². The van der Waals surface area contributed by atoms with Gasteiger partial charge < -0.3 is 5.32 Å². The Labute approximate surface area is 116 Å². The summed E-state index contributed by atoms with van der Waals surface area (Å²) in [6, 6.07) is 9.79. The van der Waals surface area contributed by atoms with E-state index in [9.17, 15) is 13.2 Å². The second-order valence-electron chi connectivity index (χ2n) is 4.80. The largest absolute Gasteiger partial charge is 0.316 e. The first-order valence-electron chi connectivity index (χ1n) is 6.43. The van der Waals surface area contributed by atoms with Crippen molar-refractivity contribution in [1.82, 2.24) is 5.32 Å². The van der Waals surface area contributed by atoms with Gasteiger partial charge in [0.2, 0.25) is 0 Å². The Balaban J connectivity index is 2.06. The van der Waals surface area contributed by atoms with E-state index in [1.54, 1.807) is 19.2 Å². The summed E-state index contributed by atoms with van der Waals surface area (Å²) in [6.07, 6.45) is 1.16. The molecule has 1 N–H and O–H groups in total. The third-order valence-electron chi connectivity index (χ3n) is 3.21. The van der Waals surface area contributed by atoms with Crippen molar-refractivity contribution in [1.29, 1.82) is 0 Å². The van der Waals surface area contributed by atoms with E-state index in [1.807, 2.05) is 0 Å². The van der Waals surface area contributed by atoms with Crippen LogP contribution >= 0.6 is 0 Å². The number of likely N-dealkylation sites (N-methyl/N-ethyl adjacent to an activating group) is 1. The van der Waals surface area contributed by atoms with Gasteiger partial charge in [0.05, 0.1) is 0 Å². The Hall–Kier alpha value is -1.81. The molecule has 1 nitrogen and oxygen atoms in total. The van der Waals surface area contributed by atoms with Crippen LogP contribution in [0.1, 0.15) is 11.1 Å². The molecule has 0 saturated heterocycles. The average molecular weight is 279 g/mol. The summed E-state index contributed by atoms with van der Waals surface area (Å²) < 4.78 is 39.1. The van der Waals surface area contributed by atoms with E-state index in [-0.39, 0.29) is 11.9 Å². The molecule has 0 amide bonds. The summed E-state index contributed by atoms with van der Waals surface area (Å²) in [6.45, 7) is 0. The molecule has 0 spiro atoms. The fourth-order valence-electron chi connectivity index (χ4n) is 2.19. The molecule has 0 aliphatic rings. The second kappa shape index (κ2) is 6.57. The summed E-state index contributed by atoms with van der Waals surface area (Å²) in [4.78, 5) is 0. The lowest BCUT2D eigenvalue weighted by molar-refractivity contribution is 0.542. The number of hydrogen-bond donors (Lipinski definition) is 1. The molecule has 0 aliphatic heterocycles. The summed E-state index contributed by atoms with van der Waals surface area (Å²) in [7, 11) is 1.80. The van der Waals surface area contributed by atoms with Crippen molar-refractivity contribution in [2.24, 2.45) is 0 Å². The van der Waals surface area contributed by atoms with Crippen LogP contribution in [0.3, 0.4) is 0 Å². The smallest absolute Gasteiger partial charge is 0.126 e. The molecule has 0 bridgehead atoms. The highest BCUT2D eigenvalue weighted by Gasteiger charge is 2.10. The molecule has 0 saturated carbocycles. The molecule has 0 heterocycles. The zero-order valence-electron chi connectivity index (χ0n) is 11.2. The fourth-order valence-corrected chi connectivity index (χ4v) is 2.19. The second-order valence-corrected chi connectivity index (χ2v) is 4.80. The number of hydrogen-bond acceptors (Lipinski definition) is 1. The first kappa shape index (κ1) is 14.6. The van der Waals surface area contributed by atoms with Gasteiger partial charge in [-0.1, -0.05) is 12.1 Å². The average Bonchev–Trinajstić information content (AvgIpc) is 2.39. The van der Waals surface area contributed by atoms with Crippen LogP contribution in [0.2, 0.25) is 0 Å². The van der Waals surface area contributed by atoms with Crippen LogP contribution in [0.25, 0.3) is 0 Å². The van der Waals surface area contributed by atoms with Gasteiger partial charge in [0.25, 0.3) is 0 Å². The molecule has 2 rings (SSSR count). The topological polar surface area (TPSA) is 12.0 Å². The SMILES string of the molecule is CNC(Cc1ccc(F)cc1)Cc1cc(F)cc(F)c1. The highest BCUT2D eigenvalue weighted by atomic mass is 19.1. The molecular formula is C16H16F3N. The Kier molecular flexibility index (Phi) is 4.79. The van der Waals surface area contributed by atoms with Gasteiger partial charge in [-0.2, -0.15) is 0 Å². The first-order valence-corrected chi connectivity index (χ1v) is 6.43. The zero-order valence-corrected chi connectivity index (χ0v) is 11.2. The van der Waals surface area contributed by atoms with Crippen molar-refractivity contribution < 1.29 is 13.2 Å². The number of nitrogens with one attached hydrogen (secondary N) is 1. The van der Waals surface area contributed by atoms with Crippen LogP contribution in [0.4, 0.5) is 13.2 Å². The van der Waals surface area contributed by atoms with Gasteiger partial charge in [-0.05, 0) is 55.3 Å². The highest BCUT2D eigenvalue weighted by molar-refractivity contribution is 5.21. The molecule has 0 aliphatic carbocycles. The molecular weight excluding hydrogens is 263 g/mol. The molecule has 2 aromatic carbocycles. The van der Waals surface area contributed by atoms with Crippen molar-refractivity contribution in [3.05, 3.63) is 71.0 Å². The van der Waals surface area contributed by atoms with Crippen molar-refractivity contribution >= 4 is 0 Å². The van der Waals surface area contributed by atoms with Gasteiger partial charge in [-0.15, -0.1) is 0 Å². The Morgan fingerprint density at radius 1 is 0.800 bits per heavy atom. The van der Waals surface area contributed by atoms with Gasteiger partial charge in [-0.25, -0.2) is 13.2 Å². The van der Waals surface area contributed by atoms with E-state index in [1.165, 1.54) is 24.3 Å². The monoisotopic (exact) mass is 279 g/mol. The van der Waals surface area contributed by atoms with Gasteiger partial charge >= 0.3 is 0 Å². The van der Waals surface area contributed by atoms with Gasteiger partial charge in [0.1, 0.15) is 17.5 Å². The zero-order chi connectivity index (χ0) is 14.5. The first-order chi connectivity index (χ1) is 9.56. The Morgan fingerprint density at radius 3 is 1.90 bits per heavy atom. The lowest BCUT2D eigenvalue weighted by atomic mass is 9.99. The minimum atomic E-state index is -0.573. The molecule has 0 fully saturated rings. The van der Waals surface area contributed by atoms with Crippen molar-refractivity contribution in [3.63, 3.8) is 0 Å². The van der Waals surface area contributed by atoms with E-state index in [2.05, 4.69) is 5.32 Å². The lowest BCUT2D eigenvalue weighted by Crippen LogP contribution is -2.30. The Bertz CT molecular complexity index is 546. The van der Waals surface area contributed by atoms with Crippen LogP contribution in [-0.2, 0) is 12.8 Å². The predicted octanol–water partition coefficient (Wildman–Crippen LogP) is 3.48. The number of halogens is 3. The molecule has 2 aromatic rings. The summed E-state index contributed by atoms with van der Waals surface area (Å²) in [5, 5.41) is 3.11. The number of rotatable bonds is 5. The van der Waals surface area contributed by atoms with Gasteiger partial charge in [0, 0.05) is 12.1 Å². The van der Waals surface area contributed by atoms with Crippen LogP contribution in [0.5, 0.6) is 0 Å². The lowest BCUT2D eigenvalue weighted by Gasteiger charge is -2.16. The third kappa shape index (κ3) is 4.10. The minimum absolute atomic E-state index is 0.0293. The number of benzene rings is 2. The Morgan fingerprint density at radius 2 is 1.35 bits per heavy atom. The van der Waals surface area contributed by atoms with E-state index >= 15 is 0 Å². The minimum Gasteiger partial charge on any atom is -0.316 e. The molecule has 4 heteroatoms. The summed E-state index contributed by atoms with van der Waals surface area (Å²) >= 11 is 0. The molecule has 106 valence electrons. The van der Waals surface area contributed by atoms with E-state index < -0.39 is 11.6 Å². The van der Waals surface area contributed by atoms with Crippen molar-refractivity contribution in [2.45, 2.75) is 18.9 Å². The fraction of sp³-hybridized carbons (Fsp3) is 0.250. The summed E-state index contributed by atoms with van der Waals surface area (Å²) in [5.74, 6) is -1.42. The molecule has 0 aromatic heterocycles. The standard InChI is InChI=1S/C16H16F3N/c1-20-16(8-11-2-4-13(17)5-3-11)9-12-6-14(18)10-15(19)7-12/h2-7,10,16,20H,8-9H2,1H3. The van der Waals surface area contributed by atoms with Crippen LogP contribution in [0.15, 0.2) is 42.5 Å². The predicted molar refractivity (Wildman–Crippen MR) is 73.0 cm³/mol. The maximum atomic E-state index is 13.2. The maximum Gasteiger partial charge on any atom is 0.126 e. The summed E-state index contributed by atoms with van der Waals surface area (Å²) in [5.41, 5.74) is 1.58. The van der Waals surface area contributed by atoms with Crippen LogP contribution < -0.4 is 5.32 Å². The van der Waals surface area contributed by atoms with E-state index in [0.29, 0.717) is 18.4 Å². The molecule has 1 atom stereocenters. The normalized spacial score (nSPS) is 12.4. The maximum absolute atomic E-state index is 13.2. The van der Waals surface area contributed by atoms with Crippen LogP contribution in [-0.4, -0.2) is 13.1 Å². The quantitative estimate of drug-likeness (QED) is 0.883. The van der Waals surface area contributed by atoms with Gasteiger partial charge in [0.15, 0.2) is 0 Å². The van der Waals surface area contributed by atoms with E-state index in [0.717, 1.165) is 11.6 Å². The molecule has 20 heavy (non-hydrogen) atoms. The van der Waals surface area contributed by atoms with Crippen LogP contribution in [0, 0.1) is 17.5 Å². The molecule has 0 radical (unpaired) electrons. The highest BCUT2D eigenvalue weighted by Crippen LogP contribution is 2.13.